The summed E-state index contributed by atoms with van der Waals surface area (Å²) in [4.78, 5) is 18.0. The molecular weight excluding hydrogens is 228 g/mol. The Hall–Kier alpha value is -1.42. The maximum atomic E-state index is 11.5. The summed E-state index contributed by atoms with van der Waals surface area (Å²) in [5.74, 6) is 0.0926. The third-order valence-electron chi connectivity index (χ3n) is 3.31. The van der Waals surface area contributed by atoms with Gasteiger partial charge in [0.1, 0.15) is 5.69 Å². The molecule has 0 spiro atoms. The van der Waals surface area contributed by atoms with E-state index < -0.39 is 0 Å². The smallest absolute Gasteiger partial charge is 0.180 e. The van der Waals surface area contributed by atoms with Gasteiger partial charge in [-0.1, -0.05) is 13.8 Å². The van der Waals surface area contributed by atoms with E-state index in [-0.39, 0.29) is 5.78 Å². The number of nitrogens with zero attached hydrogens (tertiary/aromatic N) is 2. The third kappa shape index (κ3) is 2.88. The standard InChI is InChI=1S/C14H20N2O2/c1-3-12-10-16(7-8-18-12)11-5-6-13(15-9-11)14(17)4-2/h5-6,9,12H,3-4,7-8,10H2,1-2H3. The van der Waals surface area contributed by atoms with Crippen LogP contribution in [-0.2, 0) is 4.74 Å². The Morgan fingerprint density at radius 3 is 2.94 bits per heavy atom. The second-order valence-electron chi connectivity index (χ2n) is 4.53. The Labute approximate surface area is 108 Å². The second-order valence-corrected chi connectivity index (χ2v) is 4.53. The molecule has 0 saturated carbocycles. The largest absolute Gasteiger partial charge is 0.375 e. The molecule has 0 radical (unpaired) electrons. The fraction of sp³-hybridized carbons (Fsp3) is 0.571. The van der Waals surface area contributed by atoms with Crippen LogP contribution in [0, 0.1) is 0 Å². The molecule has 0 aliphatic carbocycles. The van der Waals surface area contributed by atoms with Crippen molar-refractivity contribution in [2.45, 2.75) is 32.8 Å². The molecule has 1 aliphatic heterocycles. The van der Waals surface area contributed by atoms with Gasteiger partial charge in [-0.25, -0.2) is 0 Å². The van der Waals surface area contributed by atoms with E-state index in [1.165, 1.54) is 0 Å². The Bertz CT molecular complexity index is 403. The first kappa shape index (κ1) is 13.0. The quantitative estimate of drug-likeness (QED) is 0.767. The molecule has 4 nitrogen and oxygen atoms in total. The molecule has 1 aliphatic rings. The SMILES string of the molecule is CCC(=O)c1ccc(N2CCOC(CC)C2)cn1. The van der Waals surface area contributed by atoms with E-state index in [1.807, 2.05) is 19.1 Å². The third-order valence-corrected chi connectivity index (χ3v) is 3.31. The molecule has 1 fully saturated rings. The lowest BCUT2D eigenvalue weighted by atomic mass is 10.2. The number of ketones is 1. The molecule has 2 heterocycles. The highest BCUT2D eigenvalue weighted by atomic mass is 16.5. The van der Waals surface area contributed by atoms with Gasteiger partial charge >= 0.3 is 0 Å². The van der Waals surface area contributed by atoms with Crippen LogP contribution in [0.2, 0.25) is 0 Å². The highest BCUT2D eigenvalue weighted by molar-refractivity contribution is 5.94. The summed E-state index contributed by atoms with van der Waals surface area (Å²) in [5, 5.41) is 0. The van der Waals surface area contributed by atoms with Crippen LogP contribution in [0.15, 0.2) is 18.3 Å². The molecule has 1 atom stereocenters. The molecular formula is C14H20N2O2. The molecule has 2 rings (SSSR count). The number of hydrogen-bond acceptors (Lipinski definition) is 4. The fourth-order valence-electron chi connectivity index (χ4n) is 2.12. The number of pyridine rings is 1. The number of aromatic nitrogens is 1. The van der Waals surface area contributed by atoms with E-state index in [0.29, 0.717) is 18.2 Å². The van der Waals surface area contributed by atoms with Crippen molar-refractivity contribution in [3.05, 3.63) is 24.0 Å². The summed E-state index contributed by atoms with van der Waals surface area (Å²) in [6.07, 6.45) is 3.62. The first-order valence-corrected chi connectivity index (χ1v) is 6.60. The number of carbonyl (C=O) groups excluding carboxylic acids is 1. The van der Waals surface area contributed by atoms with Gasteiger partial charge < -0.3 is 9.64 Å². The molecule has 1 aromatic rings. The summed E-state index contributed by atoms with van der Waals surface area (Å²) >= 11 is 0. The van der Waals surface area contributed by atoms with Crippen LogP contribution >= 0.6 is 0 Å². The molecule has 0 bridgehead atoms. The topological polar surface area (TPSA) is 42.4 Å². The lowest BCUT2D eigenvalue weighted by Gasteiger charge is -2.33. The number of hydrogen-bond donors (Lipinski definition) is 0. The number of carbonyl (C=O) groups is 1. The summed E-state index contributed by atoms with van der Waals surface area (Å²) in [6.45, 7) is 6.54. The molecule has 98 valence electrons. The van der Waals surface area contributed by atoms with Crippen LogP contribution in [0.1, 0.15) is 37.2 Å². The van der Waals surface area contributed by atoms with E-state index in [9.17, 15) is 4.79 Å². The van der Waals surface area contributed by atoms with Crippen molar-refractivity contribution in [3.8, 4) is 0 Å². The van der Waals surface area contributed by atoms with Crippen molar-refractivity contribution in [1.82, 2.24) is 4.98 Å². The first-order valence-electron chi connectivity index (χ1n) is 6.60. The van der Waals surface area contributed by atoms with Gasteiger partial charge in [-0.05, 0) is 18.6 Å². The summed E-state index contributed by atoms with van der Waals surface area (Å²) < 4.78 is 5.64. The zero-order valence-corrected chi connectivity index (χ0v) is 11.1. The highest BCUT2D eigenvalue weighted by Gasteiger charge is 2.19. The number of anilines is 1. The van der Waals surface area contributed by atoms with Gasteiger partial charge in [0.05, 0.1) is 24.6 Å². The Kier molecular flexibility index (Phi) is 4.31. The lowest BCUT2D eigenvalue weighted by Crippen LogP contribution is -2.42. The van der Waals surface area contributed by atoms with E-state index in [0.717, 1.165) is 31.8 Å². The number of Topliss-reactive ketones (excluding diaryl/α,β-unsaturated/α-hetero) is 1. The monoisotopic (exact) mass is 248 g/mol. The summed E-state index contributed by atoms with van der Waals surface area (Å²) in [6, 6.07) is 3.80. The molecule has 1 saturated heterocycles. The minimum absolute atomic E-state index is 0.0926. The molecule has 18 heavy (non-hydrogen) atoms. The molecule has 0 aromatic carbocycles. The van der Waals surface area contributed by atoms with Gasteiger partial charge in [-0.15, -0.1) is 0 Å². The predicted octanol–water partition coefficient (Wildman–Crippen LogP) is 2.29. The van der Waals surface area contributed by atoms with Crippen LogP contribution < -0.4 is 4.90 Å². The highest BCUT2D eigenvalue weighted by Crippen LogP contribution is 2.18. The zero-order valence-electron chi connectivity index (χ0n) is 11.1. The minimum atomic E-state index is 0.0926. The van der Waals surface area contributed by atoms with Gasteiger partial charge in [-0.3, -0.25) is 9.78 Å². The minimum Gasteiger partial charge on any atom is -0.375 e. The van der Waals surface area contributed by atoms with Gasteiger partial charge in [0.2, 0.25) is 0 Å². The number of morpholine rings is 1. The van der Waals surface area contributed by atoms with Crippen molar-refractivity contribution < 1.29 is 9.53 Å². The van der Waals surface area contributed by atoms with E-state index in [1.54, 1.807) is 6.20 Å². The lowest BCUT2D eigenvalue weighted by molar-refractivity contribution is 0.0384. The van der Waals surface area contributed by atoms with Gasteiger partial charge in [0.25, 0.3) is 0 Å². The summed E-state index contributed by atoms with van der Waals surface area (Å²) in [7, 11) is 0. The second kappa shape index (κ2) is 5.96. The first-order chi connectivity index (χ1) is 8.74. The molecule has 4 heteroatoms. The Balaban J connectivity index is 2.07. The Morgan fingerprint density at radius 2 is 2.33 bits per heavy atom. The van der Waals surface area contributed by atoms with Crippen molar-refractivity contribution in [3.63, 3.8) is 0 Å². The van der Waals surface area contributed by atoms with E-state index >= 15 is 0 Å². The molecule has 0 N–H and O–H groups in total. The van der Waals surface area contributed by atoms with Gasteiger partial charge in [0, 0.05) is 19.5 Å². The van der Waals surface area contributed by atoms with Crippen LogP contribution in [0.3, 0.4) is 0 Å². The number of rotatable bonds is 4. The maximum absolute atomic E-state index is 11.5. The average Bonchev–Trinajstić information content (AvgIpc) is 2.46. The van der Waals surface area contributed by atoms with Crippen molar-refractivity contribution >= 4 is 11.5 Å². The molecule has 0 amide bonds. The van der Waals surface area contributed by atoms with Gasteiger partial charge in [-0.2, -0.15) is 0 Å². The molecule has 1 unspecified atom stereocenters. The van der Waals surface area contributed by atoms with Crippen LogP contribution in [0.4, 0.5) is 5.69 Å². The van der Waals surface area contributed by atoms with Crippen molar-refractivity contribution in [2.24, 2.45) is 0 Å². The average molecular weight is 248 g/mol. The van der Waals surface area contributed by atoms with Crippen molar-refractivity contribution in [2.75, 3.05) is 24.6 Å². The normalized spacial score (nSPS) is 19.9. The molecule has 1 aromatic heterocycles. The van der Waals surface area contributed by atoms with Crippen molar-refractivity contribution in [1.29, 1.82) is 0 Å². The van der Waals surface area contributed by atoms with Gasteiger partial charge in [0.15, 0.2) is 5.78 Å². The van der Waals surface area contributed by atoms with Crippen LogP contribution in [-0.4, -0.2) is 36.6 Å². The predicted molar refractivity (Wildman–Crippen MR) is 71.1 cm³/mol. The van der Waals surface area contributed by atoms with E-state index in [2.05, 4.69) is 16.8 Å². The van der Waals surface area contributed by atoms with E-state index in [4.69, 9.17) is 4.74 Å². The number of ether oxygens (including phenoxy) is 1. The maximum Gasteiger partial charge on any atom is 0.180 e. The van der Waals surface area contributed by atoms with Crippen LogP contribution in [0.25, 0.3) is 0 Å². The zero-order chi connectivity index (χ0) is 13.0. The summed E-state index contributed by atoms with van der Waals surface area (Å²) in [5.41, 5.74) is 1.63. The fourth-order valence-corrected chi connectivity index (χ4v) is 2.12. The van der Waals surface area contributed by atoms with Crippen LogP contribution in [0.5, 0.6) is 0 Å². The Morgan fingerprint density at radius 1 is 1.50 bits per heavy atom.